The van der Waals surface area contributed by atoms with Crippen LogP contribution in [0.3, 0.4) is 0 Å². The zero-order valence-electron chi connectivity index (χ0n) is 15.9. The summed E-state index contributed by atoms with van der Waals surface area (Å²) in [4.78, 5) is 2.41. The van der Waals surface area contributed by atoms with Crippen LogP contribution < -0.4 is 5.32 Å². The number of aromatic amines is 1. The fourth-order valence-electron chi connectivity index (χ4n) is 3.83. The van der Waals surface area contributed by atoms with E-state index in [1.54, 1.807) is 11.3 Å². The summed E-state index contributed by atoms with van der Waals surface area (Å²) in [5, 5.41) is 22.5. The maximum atomic E-state index is 4.39. The summed E-state index contributed by atoms with van der Waals surface area (Å²) in [6.07, 6.45) is 1.06. The quantitative estimate of drug-likeness (QED) is 0.554. The van der Waals surface area contributed by atoms with Crippen LogP contribution in [0.15, 0.2) is 42.5 Å². The molecule has 0 aliphatic carbocycles. The fourth-order valence-corrected chi connectivity index (χ4v) is 4.58. The van der Waals surface area contributed by atoms with E-state index < -0.39 is 0 Å². The molecule has 7 heteroatoms. The predicted molar refractivity (Wildman–Crippen MR) is 114 cm³/mol. The van der Waals surface area contributed by atoms with Gasteiger partial charge in [0, 0.05) is 35.8 Å². The molecular formula is C21H22N6S. The number of aromatic nitrogens is 4. The van der Waals surface area contributed by atoms with Crippen molar-refractivity contribution in [2.75, 3.05) is 18.9 Å². The van der Waals surface area contributed by atoms with Gasteiger partial charge in [-0.25, -0.2) is 0 Å². The van der Waals surface area contributed by atoms with Gasteiger partial charge < -0.3 is 5.32 Å². The summed E-state index contributed by atoms with van der Waals surface area (Å²) in [6.45, 7) is 3.89. The highest BCUT2D eigenvalue weighted by Crippen LogP contribution is 2.30. The third-order valence-corrected chi connectivity index (χ3v) is 6.45. The molecule has 2 N–H and O–H groups in total. The van der Waals surface area contributed by atoms with E-state index in [1.165, 1.54) is 11.1 Å². The van der Waals surface area contributed by atoms with Gasteiger partial charge in [0.25, 0.3) is 0 Å². The van der Waals surface area contributed by atoms with Crippen LogP contribution in [0.1, 0.15) is 16.8 Å². The zero-order valence-corrected chi connectivity index (χ0v) is 16.8. The minimum Gasteiger partial charge on any atom is -0.358 e. The summed E-state index contributed by atoms with van der Waals surface area (Å²) < 4.78 is 0. The lowest BCUT2D eigenvalue weighted by Gasteiger charge is -2.34. The van der Waals surface area contributed by atoms with Gasteiger partial charge in [-0.3, -0.25) is 10.00 Å². The first kappa shape index (κ1) is 17.3. The molecule has 0 saturated carbocycles. The molecule has 2 aromatic heterocycles. The van der Waals surface area contributed by atoms with Crippen LogP contribution in [0.4, 0.5) is 5.13 Å². The van der Waals surface area contributed by atoms with Crippen LogP contribution in [0.5, 0.6) is 0 Å². The lowest BCUT2D eigenvalue weighted by atomic mass is 9.94. The van der Waals surface area contributed by atoms with E-state index in [2.05, 4.69) is 74.1 Å². The number of aryl methyl sites for hydroxylation is 1. The topological polar surface area (TPSA) is 69.7 Å². The molecule has 2 aromatic carbocycles. The van der Waals surface area contributed by atoms with E-state index in [4.69, 9.17) is 0 Å². The average Bonchev–Trinajstić information content (AvgIpc) is 3.33. The lowest BCUT2D eigenvalue weighted by Crippen LogP contribution is -2.41. The van der Waals surface area contributed by atoms with Crippen molar-refractivity contribution in [3.63, 3.8) is 0 Å². The third-order valence-electron chi connectivity index (χ3n) is 5.52. The molecule has 0 radical (unpaired) electrons. The van der Waals surface area contributed by atoms with Gasteiger partial charge in [0.1, 0.15) is 5.01 Å². The van der Waals surface area contributed by atoms with Crippen LogP contribution >= 0.6 is 11.3 Å². The van der Waals surface area contributed by atoms with E-state index in [0.717, 1.165) is 51.8 Å². The van der Waals surface area contributed by atoms with Gasteiger partial charge in [-0.15, -0.1) is 10.2 Å². The van der Waals surface area contributed by atoms with Crippen molar-refractivity contribution in [1.29, 1.82) is 0 Å². The minimum atomic E-state index is 0.451. The first-order valence-electron chi connectivity index (χ1n) is 9.47. The summed E-state index contributed by atoms with van der Waals surface area (Å²) >= 11 is 1.60. The summed E-state index contributed by atoms with van der Waals surface area (Å²) in [6, 6.07) is 15.4. The lowest BCUT2D eigenvalue weighted by molar-refractivity contribution is 0.225. The third kappa shape index (κ3) is 3.16. The maximum absolute atomic E-state index is 4.39. The molecule has 1 atom stereocenters. The number of nitrogens with one attached hydrogen (secondary N) is 2. The Hall–Kier alpha value is -2.77. The molecule has 28 heavy (non-hydrogen) atoms. The van der Waals surface area contributed by atoms with Crippen LogP contribution in [0, 0.1) is 6.92 Å². The fraction of sp³-hybridized carbons (Fsp3) is 0.286. The van der Waals surface area contributed by atoms with Gasteiger partial charge in [-0.2, -0.15) is 5.10 Å². The largest absolute Gasteiger partial charge is 0.358 e. The molecule has 142 valence electrons. The van der Waals surface area contributed by atoms with Crippen molar-refractivity contribution in [3.05, 3.63) is 59.3 Å². The Morgan fingerprint density at radius 3 is 2.93 bits per heavy atom. The average molecular weight is 391 g/mol. The van der Waals surface area contributed by atoms with Crippen molar-refractivity contribution >= 4 is 27.4 Å². The molecular weight excluding hydrogens is 368 g/mol. The summed E-state index contributed by atoms with van der Waals surface area (Å²) in [5.41, 5.74) is 6.01. The van der Waals surface area contributed by atoms with E-state index >= 15 is 0 Å². The molecule has 0 saturated heterocycles. The Kier molecular flexibility index (Phi) is 4.33. The first-order valence-corrected chi connectivity index (χ1v) is 10.3. The van der Waals surface area contributed by atoms with Crippen LogP contribution in [0.25, 0.3) is 21.5 Å². The van der Waals surface area contributed by atoms with E-state index in [-0.39, 0.29) is 0 Å². The number of H-pyrrole nitrogens is 1. The number of hydrogen-bond donors (Lipinski definition) is 2. The molecule has 4 aromatic rings. The van der Waals surface area contributed by atoms with Crippen LogP contribution in [-0.4, -0.2) is 44.9 Å². The summed E-state index contributed by atoms with van der Waals surface area (Å²) in [5.74, 6) is 0. The Morgan fingerprint density at radius 2 is 2.04 bits per heavy atom. The second-order valence-electron chi connectivity index (χ2n) is 7.42. The number of nitrogens with zero attached hydrogens (tertiary/aromatic N) is 4. The monoisotopic (exact) mass is 390 g/mol. The van der Waals surface area contributed by atoms with Crippen molar-refractivity contribution in [3.8, 4) is 10.6 Å². The highest BCUT2D eigenvalue weighted by molar-refractivity contribution is 7.18. The van der Waals surface area contributed by atoms with E-state index in [0.29, 0.717) is 6.04 Å². The normalized spacial score (nSPS) is 17.0. The molecule has 1 unspecified atom stereocenters. The number of rotatable bonds is 4. The Bertz CT molecular complexity index is 1130. The van der Waals surface area contributed by atoms with Gasteiger partial charge >= 0.3 is 0 Å². The molecule has 0 amide bonds. The predicted octanol–water partition coefficient (Wildman–Crippen LogP) is 3.86. The van der Waals surface area contributed by atoms with Gasteiger partial charge in [-0.05, 0) is 49.7 Å². The number of likely N-dealkylation sites (N-methyl/N-ethyl adjacent to an activating group) is 1. The standard InChI is InChI=1S/C21H22N6S/c1-13-18-10-15(7-8-19(18)24-23-13)20-25-26-21(28-20)22-11-17-9-14-5-3-4-6-16(14)12-27(17)2/h3-8,10,17H,9,11-12H2,1-2H3,(H,22,26)(H,23,24). The molecule has 3 heterocycles. The van der Waals surface area contributed by atoms with Gasteiger partial charge in [0.2, 0.25) is 5.13 Å². The second-order valence-corrected chi connectivity index (χ2v) is 8.39. The van der Waals surface area contributed by atoms with Crippen molar-refractivity contribution in [2.24, 2.45) is 0 Å². The first-order chi connectivity index (χ1) is 13.7. The van der Waals surface area contributed by atoms with Crippen LogP contribution in [-0.2, 0) is 13.0 Å². The van der Waals surface area contributed by atoms with E-state index in [9.17, 15) is 0 Å². The summed E-state index contributed by atoms with van der Waals surface area (Å²) in [7, 11) is 2.19. The Balaban J connectivity index is 1.29. The van der Waals surface area contributed by atoms with Crippen LogP contribution in [0.2, 0.25) is 0 Å². The van der Waals surface area contributed by atoms with Gasteiger partial charge in [-0.1, -0.05) is 35.6 Å². The smallest absolute Gasteiger partial charge is 0.206 e. The van der Waals surface area contributed by atoms with Crippen molar-refractivity contribution in [1.82, 2.24) is 25.3 Å². The highest BCUT2D eigenvalue weighted by Gasteiger charge is 2.23. The molecule has 5 rings (SSSR count). The Morgan fingerprint density at radius 1 is 1.18 bits per heavy atom. The minimum absolute atomic E-state index is 0.451. The second kappa shape index (κ2) is 7.00. The maximum Gasteiger partial charge on any atom is 0.206 e. The van der Waals surface area contributed by atoms with Crippen molar-refractivity contribution < 1.29 is 0 Å². The molecule has 0 spiro atoms. The Labute approximate surface area is 167 Å². The van der Waals surface area contributed by atoms with Gasteiger partial charge in [0.05, 0.1) is 5.52 Å². The molecule has 0 bridgehead atoms. The number of anilines is 1. The SMILES string of the molecule is Cc1[nH]nc2ccc(-c3nnc(NCC4Cc5ccccc5CN4C)s3)cc12. The number of hydrogen-bond acceptors (Lipinski definition) is 6. The number of benzene rings is 2. The van der Waals surface area contributed by atoms with Crippen molar-refractivity contribution in [2.45, 2.75) is 25.9 Å². The number of fused-ring (bicyclic) bond motifs is 2. The highest BCUT2D eigenvalue weighted by atomic mass is 32.1. The molecule has 1 aliphatic rings. The molecule has 6 nitrogen and oxygen atoms in total. The van der Waals surface area contributed by atoms with E-state index in [1.807, 2.05) is 13.0 Å². The molecule has 0 fully saturated rings. The van der Waals surface area contributed by atoms with Gasteiger partial charge in [0.15, 0.2) is 0 Å². The zero-order chi connectivity index (χ0) is 19.1. The molecule has 1 aliphatic heterocycles.